The van der Waals surface area contributed by atoms with Crippen LogP contribution in [-0.2, 0) is 14.3 Å². The zero-order valence-corrected chi connectivity index (χ0v) is 13.2. The van der Waals surface area contributed by atoms with Gasteiger partial charge in [0.1, 0.15) is 11.9 Å². The third-order valence-corrected chi connectivity index (χ3v) is 6.89. The highest BCUT2D eigenvalue weighted by Gasteiger charge is 2.60. The number of hydrogen-bond acceptors (Lipinski definition) is 3. The largest absolute Gasteiger partial charge is 0.454 e. The fourth-order valence-corrected chi connectivity index (χ4v) is 5.94. The standard InChI is InChI=1S/C18H24O3/c1-17(2)5-4-6-18(3)12-8-10(19)7-11-15(12)13(9-14(17)18)21-16(11)20/h12-14H,4-9H2,1-3H3. The van der Waals surface area contributed by atoms with Gasteiger partial charge in [-0.25, -0.2) is 4.79 Å². The van der Waals surface area contributed by atoms with E-state index in [0.717, 1.165) is 6.42 Å². The number of hydrogen-bond donors (Lipinski definition) is 0. The van der Waals surface area contributed by atoms with Crippen molar-refractivity contribution in [3.05, 3.63) is 11.1 Å². The predicted octanol–water partition coefficient (Wildman–Crippen LogP) is 3.42. The lowest BCUT2D eigenvalue weighted by atomic mass is 9.45. The summed E-state index contributed by atoms with van der Waals surface area (Å²) in [5.41, 5.74) is 2.34. The van der Waals surface area contributed by atoms with Crippen molar-refractivity contribution in [1.29, 1.82) is 0 Å². The van der Waals surface area contributed by atoms with Gasteiger partial charge in [-0.15, -0.1) is 0 Å². The smallest absolute Gasteiger partial charge is 0.335 e. The molecule has 2 fully saturated rings. The van der Waals surface area contributed by atoms with Crippen LogP contribution in [0.5, 0.6) is 0 Å². The number of carbonyl (C=O) groups is 2. The zero-order valence-electron chi connectivity index (χ0n) is 13.2. The molecule has 0 aromatic heterocycles. The summed E-state index contributed by atoms with van der Waals surface area (Å²) in [5.74, 6) is 0.786. The van der Waals surface area contributed by atoms with Crippen LogP contribution in [0.15, 0.2) is 11.1 Å². The van der Waals surface area contributed by atoms with Gasteiger partial charge in [-0.1, -0.05) is 27.2 Å². The van der Waals surface area contributed by atoms with Crippen molar-refractivity contribution in [2.24, 2.45) is 22.7 Å². The molecular weight excluding hydrogens is 264 g/mol. The molecule has 0 aromatic rings. The average Bonchev–Trinajstić information content (AvgIpc) is 2.69. The Kier molecular flexibility index (Phi) is 2.57. The molecule has 21 heavy (non-hydrogen) atoms. The Morgan fingerprint density at radius 2 is 1.90 bits per heavy atom. The lowest BCUT2D eigenvalue weighted by Crippen LogP contribution is -2.53. The topological polar surface area (TPSA) is 43.4 Å². The highest BCUT2D eigenvalue weighted by molar-refractivity contribution is 6.00. The number of fused-ring (bicyclic) bond motifs is 2. The third kappa shape index (κ3) is 1.66. The molecule has 2 saturated carbocycles. The van der Waals surface area contributed by atoms with E-state index in [1.165, 1.54) is 24.8 Å². The van der Waals surface area contributed by atoms with Crippen LogP contribution in [0.25, 0.3) is 0 Å². The van der Waals surface area contributed by atoms with Crippen LogP contribution in [0, 0.1) is 22.7 Å². The normalized spacial score (nSPS) is 44.2. The number of Topliss-reactive ketones (excluding diaryl/α,β-unsaturated/α-hetero) is 1. The summed E-state index contributed by atoms with van der Waals surface area (Å²) >= 11 is 0. The Balaban J connectivity index is 1.86. The number of esters is 1. The first-order valence-electron chi connectivity index (χ1n) is 8.28. The lowest BCUT2D eigenvalue weighted by molar-refractivity contribution is -0.145. The molecule has 0 spiro atoms. The second-order valence-electron chi connectivity index (χ2n) is 8.44. The number of ether oxygens (including phenoxy) is 1. The predicted molar refractivity (Wildman–Crippen MR) is 78.5 cm³/mol. The van der Waals surface area contributed by atoms with Gasteiger partial charge in [0.05, 0.1) is 0 Å². The van der Waals surface area contributed by atoms with Crippen LogP contribution in [0.1, 0.15) is 59.3 Å². The van der Waals surface area contributed by atoms with Crippen LogP contribution in [0.3, 0.4) is 0 Å². The van der Waals surface area contributed by atoms with Gasteiger partial charge in [0.15, 0.2) is 0 Å². The van der Waals surface area contributed by atoms with E-state index in [9.17, 15) is 9.59 Å². The van der Waals surface area contributed by atoms with Gasteiger partial charge >= 0.3 is 5.97 Å². The second-order valence-corrected chi connectivity index (χ2v) is 8.44. The fraction of sp³-hybridized carbons (Fsp3) is 0.778. The average molecular weight is 288 g/mol. The molecule has 4 atom stereocenters. The monoisotopic (exact) mass is 288 g/mol. The number of rotatable bonds is 0. The highest BCUT2D eigenvalue weighted by Crippen LogP contribution is 2.64. The van der Waals surface area contributed by atoms with E-state index in [0.29, 0.717) is 24.3 Å². The van der Waals surface area contributed by atoms with Crippen LogP contribution in [0.2, 0.25) is 0 Å². The molecule has 0 amide bonds. The van der Waals surface area contributed by atoms with Gasteiger partial charge in [-0.3, -0.25) is 4.79 Å². The summed E-state index contributed by atoms with van der Waals surface area (Å²) in [6, 6.07) is 0. The molecule has 0 radical (unpaired) electrons. The molecule has 1 heterocycles. The van der Waals surface area contributed by atoms with E-state index in [-0.39, 0.29) is 34.6 Å². The second kappa shape index (κ2) is 3.99. The van der Waals surface area contributed by atoms with Crippen molar-refractivity contribution in [2.45, 2.75) is 65.4 Å². The third-order valence-electron chi connectivity index (χ3n) is 6.89. The minimum atomic E-state index is -0.215. The van der Waals surface area contributed by atoms with E-state index >= 15 is 0 Å². The zero-order chi connectivity index (χ0) is 15.0. The Morgan fingerprint density at radius 3 is 2.67 bits per heavy atom. The van der Waals surface area contributed by atoms with Gasteiger partial charge in [-0.05, 0) is 47.5 Å². The SMILES string of the molecule is CC1(C)CCCC2(C)C3CC(=O)CC4=C3C(CC12)OC4=O. The summed E-state index contributed by atoms with van der Waals surface area (Å²) < 4.78 is 5.65. The van der Waals surface area contributed by atoms with E-state index < -0.39 is 0 Å². The maximum absolute atomic E-state index is 12.2. The maximum Gasteiger partial charge on any atom is 0.335 e. The van der Waals surface area contributed by atoms with E-state index in [1.807, 2.05) is 0 Å². The summed E-state index contributed by atoms with van der Waals surface area (Å²) in [7, 11) is 0. The lowest BCUT2D eigenvalue weighted by Gasteiger charge is -2.59. The molecule has 1 aliphatic heterocycles. The molecule has 0 bridgehead atoms. The van der Waals surface area contributed by atoms with Gasteiger partial charge in [0.2, 0.25) is 0 Å². The van der Waals surface area contributed by atoms with Crippen LogP contribution in [0.4, 0.5) is 0 Å². The Hall–Kier alpha value is -1.12. The van der Waals surface area contributed by atoms with E-state index in [1.54, 1.807) is 0 Å². The van der Waals surface area contributed by atoms with Crippen molar-refractivity contribution in [1.82, 2.24) is 0 Å². The Morgan fingerprint density at radius 1 is 1.14 bits per heavy atom. The number of ketones is 1. The van der Waals surface area contributed by atoms with Crippen molar-refractivity contribution in [2.75, 3.05) is 0 Å². The van der Waals surface area contributed by atoms with Gasteiger partial charge in [0.25, 0.3) is 0 Å². The minimum Gasteiger partial charge on any atom is -0.454 e. The quantitative estimate of drug-likeness (QED) is 0.641. The van der Waals surface area contributed by atoms with Crippen molar-refractivity contribution >= 4 is 11.8 Å². The van der Waals surface area contributed by atoms with Crippen molar-refractivity contribution < 1.29 is 14.3 Å². The summed E-state index contributed by atoms with van der Waals surface area (Å²) in [6.07, 6.45) is 5.49. The van der Waals surface area contributed by atoms with Crippen LogP contribution in [-0.4, -0.2) is 17.9 Å². The van der Waals surface area contributed by atoms with Crippen molar-refractivity contribution in [3.63, 3.8) is 0 Å². The molecular formula is C18H24O3. The molecule has 3 aliphatic carbocycles. The van der Waals surface area contributed by atoms with E-state index in [2.05, 4.69) is 20.8 Å². The minimum absolute atomic E-state index is 0.0407. The Bertz CT molecular complexity index is 571. The molecule has 4 rings (SSSR count). The number of carbonyl (C=O) groups excluding carboxylic acids is 2. The molecule has 114 valence electrons. The Labute approximate surface area is 126 Å². The molecule has 3 heteroatoms. The highest BCUT2D eigenvalue weighted by atomic mass is 16.5. The summed E-state index contributed by atoms with van der Waals surface area (Å²) in [6.45, 7) is 7.07. The van der Waals surface area contributed by atoms with Gasteiger partial charge in [0, 0.05) is 18.4 Å². The maximum atomic E-state index is 12.2. The van der Waals surface area contributed by atoms with Crippen LogP contribution >= 0.6 is 0 Å². The molecule has 4 aliphatic rings. The van der Waals surface area contributed by atoms with Gasteiger partial charge < -0.3 is 4.74 Å². The molecule has 0 saturated heterocycles. The van der Waals surface area contributed by atoms with Crippen molar-refractivity contribution in [3.8, 4) is 0 Å². The first kappa shape index (κ1) is 13.5. The molecule has 3 nitrogen and oxygen atoms in total. The molecule has 0 aromatic carbocycles. The fourth-order valence-electron chi connectivity index (χ4n) is 5.94. The van der Waals surface area contributed by atoms with Crippen LogP contribution < -0.4 is 0 Å². The summed E-state index contributed by atoms with van der Waals surface area (Å²) in [4.78, 5) is 24.3. The first-order valence-corrected chi connectivity index (χ1v) is 8.28. The summed E-state index contributed by atoms with van der Waals surface area (Å²) in [5, 5.41) is 0. The van der Waals surface area contributed by atoms with E-state index in [4.69, 9.17) is 4.74 Å². The van der Waals surface area contributed by atoms with Gasteiger partial charge in [-0.2, -0.15) is 0 Å². The first-order chi connectivity index (χ1) is 9.83. The molecule has 0 N–H and O–H groups in total. The molecule has 4 unspecified atom stereocenters.